The number of aromatic nitrogens is 2. The van der Waals surface area contributed by atoms with E-state index in [9.17, 15) is 9.59 Å². The van der Waals surface area contributed by atoms with Gasteiger partial charge in [0.25, 0.3) is 0 Å². The van der Waals surface area contributed by atoms with Crippen LogP contribution in [0.2, 0.25) is 0 Å². The Balaban J connectivity index is 1.64. The van der Waals surface area contributed by atoms with E-state index >= 15 is 0 Å². The van der Waals surface area contributed by atoms with E-state index in [2.05, 4.69) is 11.2 Å². The van der Waals surface area contributed by atoms with Gasteiger partial charge >= 0.3 is 0 Å². The third-order valence-corrected chi connectivity index (χ3v) is 4.96. The van der Waals surface area contributed by atoms with Crippen LogP contribution >= 0.6 is 0 Å². The van der Waals surface area contributed by atoms with E-state index in [0.717, 1.165) is 12.8 Å². The highest BCUT2D eigenvalue weighted by atomic mass is 16.2. The summed E-state index contributed by atoms with van der Waals surface area (Å²) in [7, 11) is 0. The summed E-state index contributed by atoms with van der Waals surface area (Å²) in [5, 5.41) is 4.14. The number of rotatable bonds is 5. The number of nitrogens with zero attached hydrogens (tertiary/aromatic N) is 4. The molecule has 0 radical (unpaired) electrons. The molecule has 2 atom stereocenters. The lowest BCUT2D eigenvalue weighted by atomic mass is 9.94. The molecule has 2 amide bonds. The lowest BCUT2D eigenvalue weighted by molar-refractivity contribution is -0.139. The highest BCUT2D eigenvalue weighted by Crippen LogP contribution is 2.29. The van der Waals surface area contributed by atoms with Crippen LogP contribution in [0.15, 0.2) is 30.1 Å². The van der Waals surface area contributed by atoms with Crippen molar-refractivity contribution in [2.45, 2.75) is 45.7 Å². The molecule has 1 aromatic heterocycles. The van der Waals surface area contributed by atoms with Crippen LogP contribution in [0.3, 0.4) is 0 Å². The summed E-state index contributed by atoms with van der Waals surface area (Å²) in [5.74, 6) is 0.299. The first-order valence-electron chi connectivity index (χ1n) is 8.73. The van der Waals surface area contributed by atoms with Crippen LogP contribution in [0.1, 0.15) is 33.1 Å². The van der Waals surface area contributed by atoms with Gasteiger partial charge in [-0.3, -0.25) is 14.3 Å². The van der Waals surface area contributed by atoms with Crippen molar-refractivity contribution >= 4 is 11.8 Å². The van der Waals surface area contributed by atoms with Gasteiger partial charge in [0.2, 0.25) is 11.8 Å². The number of allylic oxidation sites excluding steroid dienone is 1. The van der Waals surface area contributed by atoms with E-state index in [-0.39, 0.29) is 23.8 Å². The summed E-state index contributed by atoms with van der Waals surface area (Å²) < 4.78 is 1.77. The fourth-order valence-corrected chi connectivity index (χ4v) is 3.57. The third kappa shape index (κ3) is 3.68. The second-order valence-corrected chi connectivity index (χ2v) is 7.02. The Bertz CT molecular complexity index is 619. The molecule has 0 unspecified atom stereocenters. The standard InChI is InChI=1S/C18H26N4O2/c1-14(2)6-11-22-16-5-4-15(18(22)24)12-20(13-16)17(23)7-10-21-9-3-8-19-21/h3,6,8-9,15-16H,4-5,7,10-13H2,1-2H3/t15-,16+/m0/s1. The molecule has 0 saturated carbocycles. The number of piperidine rings is 1. The van der Waals surface area contributed by atoms with Gasteiger partial charge in [0, 0.05) is 51.0 Å². The fraction of sp³-hybridized carbons (Fsp3) is 0.611. The number of carbonyl (C=O) groups excluding carboxylic acids is 2. The maximum atomic E-state index is 12.7. The van der Waals surface area contributed by atoms with E-state index in [1.807, 2.05) is 35.9 Å². The second kappa shape index (κ2) is 7.20. The Morgan fingerprint density at radius 3 is 2.88 bits per heavy atom. The second-order valence-electron chi connectivity index (χ2n) is 7.02. The average molecular weight is 330 g/mol. The molecule has 0 aliphatic carbocycles. The first-order valence-corrected chi connectivity index (χ1v) is 8.73. The summed E-state index contributed by atoms with van der Waals surface area (Å²) in [4.78, 5) is 29.1. The Labute approximate surface area is 143 Å². The van der Waals surface area contributed by atoms with Crippen LogP contribution in [0.25, 0.3) is 0 Å². The van der Waals surface area contributed by atoms with Gasteiger partial charge < -0.3 is 9.80 Å². The molecule has 4 rings (SSSR count). The third-order valence-electron chi connectivity index (χ3n) is 4.96. The van der Waals surface area contributed by atoms with Gasteiger partial charge in [0.05, 0.1) is 5.92 Å². The molecular formula is C18H26N4O2. The van der Waals surface area contributed by atoms with Crippen LogP contribution < -0.4 is 0 Å². The molecule has 0 spiro atoms. The van der Waals surface area contributed by atoms with Crippen molar-refractivity contribution in [1.29, 1.82) is 0 Å². The molecule has 6 nitrogen and oxygen atoms in total. The van der Waals surface area contributed by atoms with Crippen LogP contribution in [-0.2, 0) is 16.1 Å². The zero-order valence-corrected chi connectivity index (χ0v) is 14.5. The van der Waals surface area contributed by atoms with Gasteiger partial charge in [-0.1, -0.05) is 11.6 Å². The van der Waals surface area contributed by atoms with E-state index in [0.29, 0.717) is 32.6 Å². The monoisotopic (exact) mass is 330 g/mol. The molecule has 3 aliphatic rings. The molecule has 130 valence electrons. The van der Waals surface area contributed by atoms with Gasteiger partial charge in [-0.05, 0) is 32.8 Å². The van der Waals surface area contributed by atoms with Crippen molar-refractivity contribution < 1.29 is 9.59 Å². The van der Waals surface area contributed by atoms with E-state index in [1.54, 1.807) is 10.9 Å². The van der Waals surface area contributed by atoms with Crippen LogP contribution in [0.5, 0.6) is 0 Å². The molecule has 0 aromatic carbocycles. The van der Waals surface area contributed by atoms with Gasteiger partial charge in [0.1, 0.15) is 0 Å². The van der Waals surface area contributed by atoms with Crippen molar-refractivity contribution in [3.63, 3.8) is 0 Å². The van der Waals surface area contributed by atoms with E-state index in [1.165, 1.54) is 5.57 Å². The minimum absolute atomic E-state index is 0.0389. The quantitative estimate of drug-likeness (QED) is 0.772. The molecule has 6 heteroatoms. The van der Waals surface area contributed by atoms with Crippen molar-refractivity contribution in [1.82, 2.24) is 19.6 Å². The Morgan fingerprint density at radius 2 is 2.17 bits per heavy atom. The highest BCUT2D eigenvalue weighted by Gasteiger charge is 2.41. The Morgan fingerprint density at radius 1 is 1.33 bits per heavy atom. The Hall–Kier alpha value is -2.11. The molecule has 4 heterocycles. The smallest absolute Gasteiger partial charge is 0.228 e. The number of hydrogen-bond donors (Lipinski definition) is 0. The molecule has 0 N–H and O–H groups in total. The number of amides is 2. The number of hydrogen-bond acceptors (Lipinski definition) is 3. The summed E-state index contributed by atoms with van der Waals surface area (Å²) in [6.45, 7) is 6.58. The SMILES string of the molecule is CC(C)=CCN1C(=O)[C@H]2CC[C@@H]1CN(C(=O)CCn1cccn1)C2. The molecule has 3 aliphatic heterocycles. The van der Waals surface area contributed by atoms with Crippen molar-refractivity contribution in [3.05, 3.63) is 30.1 Å². The van der Waals surface area contributed by atoms with Gasteiger partial charge in [0.15, 0.2) is 0 Å². The maximum Gasteiger partial charge on any atom is 0.228 e. The highest BCUT2D eigenvalue weighted by molar-refractivity contribution is 5.83. The summed E-state index contributed by atoms with van der Waals surface area (Å²) in [5.41, 5.74) is 1.22. The minimum atomic E-state index is -0.0389. The van der Waals surface area contributed by atoms with E-state index in [4.69, 9.17) is 0 Å². The minimum Gasteiger partial charge on any atom is -0.340 e. The fourth-order valence-electron chi connectivity index (χ4n) is 3.57. The largest absolute Gasteiger partial charge is 0.340 e. The molecular weight excluding hydrogens is 304 g/mol. The van der Waals surface area contributed by atoms with Crippen LogP contribution in [0, 0.1) is 5.92 Å². The average Bonchev–Trinajstić information content (AvgIpc) is 2.92. The van der Waals surface area contributed by atoms with E-state index < -0.39 is 0 Å². The van der Waals surface area contributed by atoms with Gasteiger partial charge in [-0.2, -0.15) is 5.10 Å². The lowest BCUT2D eigenvalue weighted by Gasteiger charge is -2.35. The normalized spacial score (nSPS) is 23.3. The first-order chi connectivity index (χ1) is 11.5. The molecule has 3 fully saturated rings. The lowest BCUT2D eigenvalue weighted by Crippen LogP contribution is -2.48. The molecule has 24 heavy (non-hydrogen) atoms. The predicted octanol–water partition coefficient (Wildman–Crippen LogP) is 1.69. The zero-order valence-electron chi connectivity index (χ0n) is 14.5. The van der Waals surface area contributed by atoms with Crippen molar-refractivity contribution in [3.8, 4) is 0 Å². The zero-order chi connectivity index (χ0) is 17.1. The van der Waals surface area contributed by atoms with Crippen molar-refractivity contribution in [2.75, 3.05) is 19.6 Å². The summed E-state index contributed by atoms with van der Waals surface area (Å²) in [6, 6.07) is 2.01. The van der Waals surface area contributed by atoms with Crippen LogP contribution in [0.4, 0.5) is 0 Å². The van der Waals surface area contributed by atoms with Crippen molar-refractivity contribution in [2.24, 2.45) is 5.92 Å². The summed E-state index contributed by atoms with van der Waals surface area (Å²) in [6.07, 6.45) is 8.01. The number of carbonyl (C=O) groups is 2. The molecule has 2 bridgehead atoms. The topological polar surface area (TPSA) is 58.4 Å². The number of fused-ring (bicyclic) bond motifs is 4. The molecule has 3 saturated heterocycles. The van der Waals surface area contributed by atoms with Crippen LogP contribution in [-0.4, -0.2) is 57.1 Å². The number of aryl methyl sites for hydroxylation is 1. The Kier molecular flexibility index (Phi) is 5.02. The molecule has 1 aromatic rings. The maximum absolute atomic E-state index is 12.7. The van der Waals surface area contributed by atoms with Gasteiger partial charge in [-0.25, -0.2) is 0 Å². The predicted molar refractivity (Wildman–Crippen MR) is 91.1 cm³/mol. The van der Waals surface area contributed by atoms with Gasteiger partial charge in [-0.15, -0.1) is 0 Å². The summed E-state index contributed by atoms with van der Waals surface area (Å²) >= 11 is 0. The first kappa shape index (κ1) is 16.7.